The Morgan fingerprint density at radius 2 is 2.00 bits per heavy atom. The van der Waals surface area contributed by atoms with Crippen LogP contribution in [0.25, 0.3) is 0 Å². The summed E-state index contributed by atoms with van der Waals surface area (Å²) in [6, 6.07) is 8.44. The molecule has 94 valence electrons. The van der Waals surface area contributed by atoms with Gasteiger partial charge in [-0.05, 0) is 55.3 Å². The molecule has 2 atom stereocenters. The Morgan fingerprint density at radius 1 is 1.24 bits per heavy atom. The molecular formula is C15H23NO. The summed E-state index contributed by atoms with van der Waals surface area (Å²) in [6.07, 6.45) is 6.52. The molecule has 2 nitrogen and oxygen atoms in total. The van der Waals surface area contributed by atoms with Gasteiger partial charge < -0.3 is 10.5 Å². The second-order valence-electron chi connectivity index (χ2n) is 5.10. The monoisotopic (exact) mass is 233 g/mol. The molecule has 0 amide bonds. The van der Waals surface area contributed by atoms with Crippen LogP contribution in [0.3, 0.4) is 0 Å². The van der Waals surface area contributed by atoms with E-state index in [1.165, 1.54) is 31.2 Å². The maximum atomic E-state index is 5.88. The van der Waals surface area contributed by atoms with E-state index in [2.05, 4.69) is 18.2 Å². The van der Waals surface area contributed by atoms with Crippen LogP contribution in [0.2, 0.25) is 0 Å². The number of rotatable bonds is 4. The quantitative estimate of drug-likeness (QED) is 0.867. The molecule has 1 aliphatic carbocycles. The highest BCUT2D eigenvalue weighted by molar-refractivity contribution is 5.28. The predicted octanol–water partition coefficient (Wildman–Crippen LogP) is 3.00. The van der Waals surface area contributed by atoms with Crippen LogP contribution in [0.1, 0.15) is 31.2 Å². The summed E-state index contributed by atoms with van der Waals surface area (Å²) in [4.78, 5) is 0. The lowest BCUT2D eigenvalue weighted by molar-refractivity contribution is 0.242. The van der Waals surface area contributed by atoms with E-state index in [1.807, 2.05) is 6.07 Å². The molecule has 0 bridgehead atoms. The lowest BCUT2D eigenvalue weighted by Gasteiger charge is -2.30. The Hall–Kier alpha value is -1.02. The Kier molecular flexibility index (Phi) is 4.43. The zero-order chi connectivity index (χ0) is 12.1. The van der Waals surface area contributed by atoms with E-state index in [0.717, 1.165) is 30.6 Å². The molecule has 2 N–H and O–H groups in total. The van der Waals surface area contributed by atoms with Gasteiger partial charge in [0.15, 0.2) is 0 Å². The first kappa shape index (κ1) is 12.4. The molecule has 1 fully saturated rings. The fraction of sp³-hybridized carbons (Fsp3) is 0.600. The third-order valence-corrected chi connectivity index (χ3v) is 4.00. The largest absolute Gasteiger partial charge is 0.497 e. The molecule has 0 spiro atoms. The Labute approximate surface area is 104 Å². The molecule has 1 aromatic carbocycles. The first-order valence-corrected chi connectivity index (χ1v) is 6.66. The summed E-state index contributed by atoms with van der Waals surface area (Å²) in [7, 11) is 1.72. The van der Waals surface area contributed by atoms with E-state index >= 15 is 0 Å². The molecule has 0 saturated heterocycles. The highest BCUT2D eigenvalue weighted by atomic mass is 16.5. The van der Waals surface area contributed by atoms with Gasteiger partial charge in [-0.2, -0.15) is 0 Å². The van der Waals surface area contributed by atoms with Crippen molar-refractivity contribution in [2.45, 2.75) is 32.1 Å². The van der Waals surface area contributed by atoms with E-state index in [1.54, 1.807) is 7.11 Å². The smallest absolute Gasteiger partial charge is 0.119 e. The minimum Gasteiger partial charge on any atom is -0.497 e. The molecular weight excluding hydrogens is 210 g/mol. The van der Waals surface area contributed by atoms with Gasteiger partial charge in [-0.25, -0.2) is 0 Å². The zero-order valence-electron chi connectivity index (χ0n) is 10.7. The molecule has 0 heterocycles. The average molecular weight is 233 g/mol. The third kappa shape index (κ3) is 3.22. The van der Waals surface area contributed by atoms with Gasteiger partial charge in [0.05, 0.1) is 7.11 Å². The lowest BCUT2D eigenvalue weighted by Crippen LogP contribution is -2.28. The van der Waals surface area contributed by atoms with Crippen LogP contribution in [0, 0.1) is 11.8 Å². The van der Waals surface area contributed by atoms with Crippen molar-refractivity contribution in [3.63, 3.8) is 0 Å². The van der Waals surface area contributed by atoms with Gasteiger partial charge in [-0.1, -0.05) is 25.0 Å². The fourth-order valence-electron chi connectivity index (χ4n) is 2.97. The van der Waals surface area contributed by atoms with Crippen molar-refractivity contribution in [2.24, 2.45) is 17.6 Å². The van der Waals surface area contributed by atoms with E-state index in [9.17, 15) is 0 Å². The summed E-state index contributed by atoms with van der Waals surface area (Å²) >= 11 is 0. The van der Waals surface area contributed by atoms with Gasteiger partial charge in [-0.3, -0.25) is 0 Å². The topological polar surface area (TPSA) is 35.2 Å². The number of methoxy groups -OCH3 is 1. The maximum Gasteiger partial charge on any atom is 0.119 e. The van der Waals surface area contributed by atoms with Gasteiger partial charge in [0.2, 0.25) is 0 Å². The van der Waals surface area contributed by atoms with Gasteiger partial charge >= 0.3 is 0 Å². The van der Waals surface area contributed by atoms with Crippen LogP contribution in [0.4, 0.5) is 0 Å². The van der Waals surface area contributed by atoms with Gasteiger partial charge in [0, 0.05) is 0 Å². The molecule has 17 heavy (non-hydrogen) atoms. The number of hydrogen-bond donors (Lipinski definition) is 1. The third-order valence-electron chi connectivity index (χ3n) is 4.00. The van der Waals surface area contributed by atoms with Crippen LogP contribution < -0.4 is 10.5 Å². The van der Waals surface area contributed by atoms with Crippen molar-refractivity contribution < 1.29 is 4.74 Å². The molecule has 0 radical (unpaired) electrons. The Morgan fingerprint density at radius 3 is 2.71 bits per heavy atom. The highest BCUT2D eigenvalue weighted by Gasteiger charge is 2.23. The predicted molar refractivity (Wildman–Crippen MR) is 71.2 cm³/mol. The maximum absolute atomic E-state index is 5.88. The van der Waals surface area contributed by atoms with E-state index in [4.69, 9.17) is 10.5 Å². The normalized spacial score (nSPS) is 24.6. The fourth-order valence-corrected chi connectivity index (χ4v) is 2.97. The van der Waals surface area contributed by atoms with E-state index in [0.29, 0.717) is 0 Å². The van der Waals surface area contributed by atoms with Crippen LogP contribution >= 0.6 is 0 Å². The molecule has 2 heteroatoms. The number of hydrogen-bond acceptors (Lipinski definition) is 2. The molecule has 1 saturated carbocycles. The summed E-state index contributed by atoms with van der Waals surface area (Å²) in [5.74, 6) is 2.44. The molecule has 0 aromatic heterocycles. The van der Waals surface area contributed by atoms with Gasteiger partial charge in [-0.15, -0.1) is 0 Å². The van der Waals surface area contributed by atoms with Gasteiger partial charge in [0.1, 0.15) is 5.75 Å². The second kappa shape index (κ2) is 6.06. The second-order valence-corrected chi connectivity index (χ2v) is 5.10. The molecule has 2 unspecified atom stereocenters. The van der Waals surface area contributed by atoms with Gasteiger partial charge in [0.25, 0.3) is 0 Å². The average Bonchev–Trinajstić information content (AvgIpc) is 2.39. The first-order valence-electron chi connectivity index (χ1n) is 6.66. The lowest BCUT2D eigenvalue weighted by atomic mass is 9.76. The van der Waals surface area contributed by atoms with Crippen molar-refractivity contribution in [3.05, 3.63) is 29.8 Å². The summed E-state index contributed by atoms with van der Waals surface area (Å²) in [6.45, 7) is 0.842. The molecule has 1 aromatic rings. The summed E-state index contributed by atoms with van der Waals surface area (Å²) < 4.78 is 5.27. The Balaban J connectivity index is 2.02. The van der Waals surface area contributed by atoms with E-state index < -0.39 is 0 Å². The number of ether oxygens (including phenoxy) is 1. The van der Waals surface area contributed by atoms with Crippen molar-refractivity contribution in [1.82, 2.24) is 0 Å². The van der Waals surface area contributed by atoms with Crippen LogP contribution in [0.15, 0.2) is 24.3 Å². The van der Waals surface area contributed by atoms with Crippen molar-refractivity contribution in [2.75, 3.05) is 13.7 Å². The zero-order valence-corrected chi connectivity index (χ0v) is 10.7. The molecule has 1 aliphatic rings. The standard InChI is InChI=1S/C15H23NO/c1-17-15-8-4-5-12(10-15)9-13-6-2-3-7-14(13)11-16/h4-5,8,10,13-14H,2-3,6-7,9,11,16H2,1H3. The Bertz CT molecular complexity index is 351. The van der Waals surface area contributed by atoms with Crippen molar-refractivity contribution in [1.29, 1.82) is 0 Å². The number of nitrogens with two attached hydrogens (primary N) is 1. The highest BCUT2D eigenvalue weighted by Crippen LogP contribution is 2.32. The van der Waals surface area contributed by atoms with Crippen LogP contribution in [-0.2, 0) is 6.42 Å². The van der Waals surface area contributed by atoms with E-state index in [-0.39, 0.29) is 0 Å². The van der Waals surface area contributed by atoms with Crippen molar-refractivity contribution in [3.8, 4) is 5.75 Å². The first-order chi connectivity index (χ1) is 8.33. The minimum absolute atomic E-state index is 0.718. The molecule has 0 aliphatic heterocycles. The summed E-state index contributed by atoms with van der Waals surface area (Å²) in [5.41, 5.74) is 7.26. The van der Waals surface area contributed by atoms with Crippen LogP contribution in [-0.4, -0.2) is 13.7 Å². The SMILES string of the molecule is COc1cccc(CC2CCCCC2CN)c1. The van der Waals surface area contributed by atoms with Crippen LogP contribution in [0.5, 0.6) is 5.75 Å². The van der Waals surface area contributed by atoms with Crippen molar-refractivity contribution >= 4 is 0 Å². The number of benzene rings is 1. The molecule has 2 rings (SSSR count). The minimum atomic E-state index is 0.718. The summed E-state index contributed by atoms with van der Waals surface area (Å²) in [5, 5.41) is 0.